The van der Waals surface area contributed by atoms with E-state index in [9.17, 15) is 4.79 Å². The fourth-order valence-corrected chi connectivity index (χ4v) is 3.39. The van der Waals surface area contributed by atoms with E-state index in [2.05, 4.69) is 15.5 Å². The lowest BCUT2D eigenvalue weighted by atomic mass is 10.2. The topological polar surface area (TPSA) is 104 Å². The van der Waals surface area contributed by atoms with Gasteiger partial charge in [0.1, 0.15) is 11.5 Å². The Bertz CT molecular complexity index is 975. The first kappa shape index (κ1) is 20.5. The molecular weight excluding hydrogens is 390 g/mol. The fourth-order valence-electron chi connectivity index (χ4n) is 2.62. The molecule has 152 valence electrons. The Kier molecular flexibility index (Phi) is 6.61. The number of methoxy groups -OCH3 is 1. The molecule has 1 aromatic heterocycles. The number of rotatable bonds is 8. The maximum Gasteiger partial charge on any atom is 0.237 e. The monoisotopic (exact) mass is 413 g/mol. The minimum absolute atomic E-state index is 0.190. The number of nitrogens with one attached hydrogen (secondary N) is 1. The number of thioether (sulfide) groups is 1. The minimum atomic E-state index is -0.445. The van der Waals surface area contributed by atoms with Crippen molar-refractivity contribution in [1.82, 2.24) is 14.9 Å². The smallest absolute Gasteiger partial charge is 0.237 e. The summed E-state index contributed by atoms with van der Waals surface area (Å²) in [7, 11) is 1.56. The number of hydrogen-bond acceptors (Lipinski definition) is 7. The fraction of sp³-hybridized carbons (Fsp3) is 0.250. The average molecular weight is 414 g/mol. The van der Waals surface area contributed by atoms with Crippen molar-refractivity contribution in [1.29, 1.82) is 0 Å². The molecule has 0 saturated carbocycles. The van der Waals surface area contributed by atoms with Crippen LogP contribution in [0.4, 0.5) is 5.69 Å². The summed E-state index contributed by atoms with van der Waals surface area (Å²) >= 11 is 1.22. The van der Waals surface area contributed by atoms with Crippen LogP contribution in [0.2, 0.25) is 0 Å². The van der Waals surface area contributed by atoms with E-state index in [1.807, 2.05) is 43.3 Å². The van der Waals surface area contributed by atoms with Crippen molar-refractivity contribution in [2.24, 2.45) is 0 Å². The molecule has 1 atom stereocenters. The molecule has 0 aliphatic rings. The molecule has 0 radical (unpaired) electrons. The zero-order chi connectivity index (χ0) is 20.8. The number of amides is 1. The van der Waals surface area contributed by atoms with Gasteiger partial charge >= 0.3 is 0 Å². The summed E-state index contributed by atoms with van der Waals surface area (Å²) in [6.07, 6.45) is 0. The Morgan fingerprint density at radius 2 is 1.93 bits per heavy atom. The molecule has 0 fully saturated rings. The second-order valence-corrected chi connectivity index (χ2v) is 7.39. The Hall–Kier alpha value is -3.20. The molecule has 0 aliphatic heterocycles. The van der Waals surface area contributed by atoms with Crippen molar-refractivity contribution in [2.75, 3.05) is 24.9 Å². The van der Waals surface area contributed by atoms with Gasteiger partial charge in [-0.05, 0) is 50.2 Å². The molecule has 1 amide bonds. The second-order valence-electron chi connectivity index (χ2n) is 6.08. The number of hydrogen-bond donors (Lipinski definition) is 2. The van der Waals surface area contributed by atoms with Crippen LogP contribution in [0, 0.1) is 0 Å². The van der Waals surface area contributed by atoms with Crippen LogP contribution in [0.5, 0.6) is 11.5 Å². The van der Waals surface area contributed by atoms with Crippen LogP contribution in [0.3, 0.4) is 0 Å². The summed E-state index contributed by atoms with van der Waals surface area (Å²) in [6, 6.07) is 14.7. The Balaban J connectivity index is 1.69. The van der Waals surface area contributed by atoms with Gasteiger partial charge in [-0.1, -0.05) is 23.9 Å². The molecule has 0 saturated heterocycles. The van der Waals surface area contributed by atoms with Gasteiger partial charge in [0.05, 0.1) is 24.7 Å². The predicted molar refractivity (Wildman–Crippen MR) is 114 cm³/mol. The summed E-state index contributed by atoms with van der Waals surface area (Å²) in [6.45, 7) is 4.31. The lowest BCUT2D eigenvalue weighted by Crippen LogP contribution is -2.24. The van der Waals surface area contributed by atoms with Gasteiger partial charge in [0.25, 0.3) is 0 Å². The number of benzene rings is 2. The largest absolute Gasteiger partial charge is 0.495 e. The van der Waals surface area contributed by atoms with E-state index in [4.69, 9.17) is 15.3 Å². The summed E-state index contributed by atoms with van der Waals surface area (Å²) in [5.74, 6) is 7.85. The van der Waals surface area contributed by atoms with Gasteiger partial charge in [-0.25, -0.2) is 4.68 Å². The van der Waals surface area contributed by atoms with Crippen LogP contribution < -0.4 is 20.6 Å². The van der Waals surface area contributed by atoms with E-state index in [1.54, 1.807) is 26.2 Å². The quantitative estimate of drug-likeness (QED) is 0.432. The molecule has 3 aromatic rings. The van der Waals surface area contributed by atoms with Crippen LogP contribution in [-0.2, 0) is 4.79 Å². The molecule has 3 rings (SSSR count). The first-order valence-corrected chi connectivity index (χ1v) is 9.95. The molecule has 9 heteroatoms. The van der Waals surface area contributed by atoms with Crippen molar-refractivity contribution in [3.63, 3.8) is 0 Å². The standard InChI is InChI=1S/C20H23N5O3S/c1-4-28-15-11-9-14(10-12-15)18-23-24-20(25(18)21)29-13(2)19(26)22-16-7-5-6-8-17(16)27-3/h5-13H,4,21H2,1-3H3,(H,22,26)/t13-/m0/s1. The highest BCUT2D eigenvalue weighted by molar-refractivity contribution is 8.00. The third kappa shape index (κ3) is 4.80. The first-order valence-electron chi connectivity index (χ1n) is 9.07. The SMILES string of the molecule is CCOc1ccc(-c2nnc(S[C@@H](C)C(=O)Nc3ccccc3OC)n2N)cc1. The maximum absolute atomic E-state index is 12.6. The van der Waals surface area contributed by atoms with Crippen LogP contribution in [0.1, 0.15) is 13.8 Å². The Morgan fingerprint density at radius 3 is 2.62 bits per heavy atom. The number of carbonyl (C=O) groups excluding carboxylic acids is 1. The summed E-state index contributed by atoms with van der Waals surface area (Å²) in [5.41, 5.74) is 1.41. The van der Waals surface area contributed by atoms with E-state index in [-0.39, 0.29) is 5.91 Å². The van der Waals surface area contributed by atoms with E-state index < -0.39 is 5.25 Å². The second kappa shape index (κ2) is 9.33. The molecule has 29 heavy (non-hydrogen) atoms. The van der Waals surface area contributed by atoms with Crippen LogP contribution in [0.25, 0.3) is 11.4 Å². The number of nitrogens with zero attached hydrogens (tertiary/aromatic N) is 3. The molecule has 0 spiro atoms. The highest BCUT2D eigenvalue weighted by Crippen LogP contribution is 2.28. The van der Waals surface area contributed by atoms with Gasteiger partial charge in [0.15, 0.2) is 5.82 Å². The highest BCUT2D eigenvalue weighted by atomic mass is 32.2. The average Bonchev–Trinajstić information content (AvgIpc) is 3.09. The number of anilines is 1. The number of carbonyl (C=O) groups is 1. The predicted octanol–water partition coefficient (Wildman–Crippen LogP) is 3.19. The van der Waals surface area contributed by atoms with Crippen molar-refractivity contribution < 1.29 is 14.3 Å². The number of para-hydroxylation sites is 2. The van der Waals surface area contributed by atoms with Crippen molar-refractivity contribution in [2.45, 2.75) is 24.3 Å². The number of nitrogen functional groups attached to an aromatic ring is 1. The molecule has 0 unspecified atom stereocenters. The molecule has 0 aliphatic carbocycles. The lowest BCUT2D eigenvalue weighted by molar-refractivity contribution is -0.115. The maximum atomic E-state index is 12.6. The van der Waals surface area contributed by atoms with Crippen molar-refractivity contribution in [3.8, 4) is 22.9 Å². The third-order valence-corrected chi connectivity index (χ3v) is 5.16. The molecule has 2 aromatic carbocycles. The van der Waals surface area contributed by atoms with E-state index >= 15 is 0 Å². The van der Waals surface area contributed by atoms with Gasteiger partial charge in [0, 0.05) is 5.56 Å². The van der Waals surface area contributed by atoms with Gasteiger partial charge in [0.2, 0.25) is 11.1 Å². The number of nitrogens with two attached hydrogens (primary N) is 1. The molecular formula is C20H23N5O3S. The molecule has 8 nitrogen and oxygen atoms in total. The van der Waals surface area contributed by atoms with Crippen molar-refractivity contribution >= 4 is 23.4 Å². The number of aromatic nitrogens is 3. The summed E-state index contributed by atoms with van der Waals surface area (Å²) in [5, 5.41) is 11.1. The minimum Gasteiger partial charge on any atom is -0.495 e. The summed E-state index contributed by atoms with van der Waals surface area (Å²) in [4.78, 5) is 12.6. The normalized spacial score (nSPS) is 11.7. The Labute approximate surface area is 173 Å². The zero-order valence-electron chi connectivity index (χ0n) is 16.5. The zero-order valence-corrected chi connectivity index (χ0v) is 17.3. The Morgan fingerprint density at radius 1 is 1.21 bits per heavy atom. The van der Waals surface area contributed by atoms with Crippen LogP contribution in [0.15, 0.2) is 53.7 Å². The van der Waals surface area contributed by atoms with Gasteiger partial charge in [-0.15, -0.1) is 10.2 Å². The van der Waals surface area contributed by atoms with E-state index in [1.165, 1.54) is 16.4 Å². The summed E-state index contributed by atoms with van der Waals surface area (Å²) < 4.78 is 12.1. The molecule has 1 heterocycles. The van der Waals surface area contributed by atoms with Gasteiger partial charge < -0.3 is 20.6 Å². The van der Waals surface area contributed by atoms with E-state index in [0.29, 0.717) is 29.0 Å². The first-order chi connectivity index (χ1) is 14.0. The molecule has 3 N–H and O–H groups in total. The third-order valence-electron chi connectivity index (χ3n) is 4.10. The van der Waals surface area contributed by atoms with Gasteiger partial charge in [-0.2, -0.15) is 0 Å². The lowest BCUT2D eigenvalue weighted by Gasteiger charge is -2.13. The number of ether oxygens (including phenoxy) is 2. The van der Waals surface area contributed by atoms with Gasteiger partial charge in [-0.3, -0.25) is 4.79 Å². The van der Waals surface area contributed by atoms with E-state index in [0.717, 1.165) is 11.3 Å². The van der Waals surface area contributed by atoms with Crippen LogP contribution in [-0.4, -0.2) is 39.7 Å². The highest BCUT2D eigenvalue weighted by Gasteiger charge is 2.21. The van der Waals surface area contributed by atoms with Crippen molar-refractivity contribution in [3.05, 3.63) is 48.5 Å². The molecule has 0 bridgehead atoms. The van der Waals surface area contributed by atoms with Crippen LogP contribution >= 0.6 is 11.8 Å².